The standard InChI is InChI=1S/C8H9NO2.C4H6O2.C3H4O2.C2H2Cl2/c1-3-11-8(10)7(2)5-4-6-9;1-3-4(5)6-2;1-2-3(4)5;1-2(3)4/h4-5H,2-3H2,1H3;3H,1H2,2H3;2H,1H2,(H,4,5);1H2. The van der Waals surface area contributed by atoms with Crippen LogP contribution in [-0.4, -0.2) is 36.7 Å². The second kappa shape index (κ2) is 24.4. The van der Waals surface area contributed by atoms with Crippen molar-refractivity contribution >= 4 is 41.1 Å². The number of methoxy groups -OCH3 is 1. The lowest BCUT2D eigenvalue weighted by atomic mass is 10.3. The van der Waals surface area contributed by atoms with Gasteiger partial charge in [-0.3, -0.25) is 0 Å². The molecule has 26 heavy (non-hydrogen) atoms. The summed E-state index contributed by atoms with van der Waals surface area (Å²) in [5, 5.41) is 15.7. The molecular weight excluding hydrogens is 385 g/mol. The maximum atomic E-state index is 10.8. The average Bonchev–Trinajstić information content (AvgIpc) is 2.59. The Hall–Kier alpha value is -2.82. The predicted molar refractivity (Wildman–Crippen MR) is 101 cm³/mol. The number of esters is 2. The Bertz CT molecular complexity index is 558. The maximum absolute atomic E-state index is 10.8. The second-order valence-electron chi connectivity index (χ2n) is 3.32. The lowest BCUT2D eigenvalue weighted by Crippen LogP contribution is -2.04. The van der Waals surface area contributed by atoms with Crippen LogP contribution in [0.5, 0.6) is 0 Å². The number of hydrogen-bond donors (Lipinski definition) is 1. The molecule has 0 radical (unpaired) electrons. The van der Waals surface area contributed by atoms with Crippen molar-refractivity contribution in [1.29, 1.82) is 5.26 Å². The van der Waals surface area contributed by atoms with Crippen LogP contribution in [0.4, 0.5) is 0 Å². The number of rotatable bonds is 5. The topological polar surface area (TPSA) is 114 Å². The largest absolute Gasteiger partial charge is 0.478 e. The van der Waals surface area contributed by atoms with Crippen LogP contribution in [-0.2, 0) is 23.9 Å². The first kappa shape index (κ1) is 31.0. The number of carbonyl (C=O) groups is 3. The minimum absolute atomic E-state index is 0.111. The van der Waals surface area contributed by atoms with Crippen LogP contribution in [0, 0.1) is 11.3 Å². The molecule has 0 unspecified atom stereocenters. The van der Waals surface area contributed by atoms with Crippen LogP contribution in [0.2, 0.25) is 0 Å². The van der Waals surface area contributed by atoms with Crippen molar-refractivity contribution in [2.24, 2.45) is 0 Å². The van der Waals surface area contributed by atoms with E-state index in [4.69, 9.17) is 33.6 Å². The molecule has 0 aromatic heterocycles. The van der Waals surface area contributed by atoms with Gasteiger partial charge in [-0.2, -0.15) is 5.26 Å². The zero-order valence-corrected chi connectivity index (χ0v) is 16.0. The highest BCUT2D eigenvalue weighted by Gasteiger charge is 2.01. The van der Waals surface area contributed by atoms with E-state index in [0.717, 1.165) is 12.2 Å². The molecule has 0 aromatic rings. The van der Waals surface area contributed by atoms with Crippen LogP contribution in [0.15, 0.2) is 60.7 Å². The quantitative estimate of drug-likeness (QED) is 0.320. The first-order chi connectivity index (χ1) is 12.0. The fourth-order valence-electron chi connectivity index (χ4n) is 0.513. The minimum Gasteiger partial charge on any atom is -0.478 e. The van der Waals surface area contributed by atoms with Crippen LogP contribution in [0.1, 0.15) is 6.92 Å². The van der Waals surface area contributed by atoms with Crippen molar-refractivity contribution in [3.05, 3.63) is 60.7 Å². The maximum Gasteiger partial charge on any atom is 0.337 e. The summed E-state index contributed by atoms with van der Waals surface area (Å²) in [7, 11) is 1.31. The Kier molecular flexibility index (Phi) is 29.1. The highest BCUT2D eigenvalue weighted by atomic mass is 35.5. The molecule has 0 amide bonds. The van der Waals surface area contributed by atoms with Crippen molar-refractivity contribution in [2.75, 3.05) is 13.7 Å². The third kappa shape index (κ3) is 42.9. The first-order valence-electron chi connectivity index (χ1n) is 6.51. The summed E-state index contributed by atoms with van der Waals surface area (Å²) in [5.74, 6) is -1.86. The molecule has 0 aliphatic carbocycles. The monoisotopic (exact) mass is 405 g/mol. The van der Waals surface area contributed by atoms with Gasteiger partial charge in [-0.25, -0.2) is 14.4 Å². The molecule has 0 saturated carbocycles. The van der Waals surface area contributed by atoms with Crippen LogP contribution in [0.3, 0.4) is 0 Å². The molecule has 0 heterocycles. The van der Waals surface area contributed by atoms with Crippen LogP contribution >= 0.6 is 23.2 Å². The van der Waals surface area contributed by atoms with E-state index in [1.807, 2.05) is 0 Å². The molecule has 0 bridgehead atoms. The lowest BCUT2D eigenvalue weighted by Gasteiger charge is -1.98. The Labute approximate surface area is 163 Å². The van der Waals surface area contributed by atoms with Gasteiger partial charge < -0.3 is 14.6 Å². The molecule has 0 aliphatic heterocycles. The average molecular weight is 406 g/mol. The smallest absolute Gasteiger partial charge is 0.337 e. The second-order valence-corrected chi connectivity index (χ2v) is 4.42. The Balaban J connectivity index is -0.000000137. The van der Waals surface area contributed by atoms with E-state index in [-0.39, 0.29) is 10.1 Å². The highest BCUT2D eigenvalue weighted by molar-refractivity contribution is 6.55. The molecule has 9 heteroatoms. The third-order valence-corrected chi connectivity index (χ3v) is 1.44. The number of hydrogen-bond acceptors (Lipinski definition) is 6. The molecule has 7 nitrogen and oxygen atoms in total. The summed E-state index contributed by atoms with van der Waals surface area (Å²) >= 11 is 9.69. The van der Waals surface area contributed by atoms with Gasteiger partial charge in [0.15, 0.2) is 0 Å². The Morgan fingerprint density at radius 1 is 1.19 bits per heavy atom. The van der Waals surface area contributed by atoms with Crippen molar-refractivity contribution < 1.29 is 29.0 Å². The van der Waals surface area contributed by atoms with Crippen molar-refractivity contribution in [3.63, 3.8) is 0 Å². The molecule has 0 aromatic carbocycles. The number of carbonyl (C=O) groups excluding carboxylic acids is 2. The van der Waals surface area contributed by atoms with Gasteiger partial charge in [0.25, 0.3) is 0 Å². The summed E-state index contributed by atoms with van der Waals surface area (Å²) < 4.78 is 8.86. The molecule has 0 spiro atoms. The number of halogens is 2. The highest BCUT2D eigenvalue weighted by Crippen LogP contribution is 1.98. The van der Waals surface area contributed by atoms with E-state index < -0.39 is 17.9 Å². The number of allylic oxidation sites excluding steroid dienone is 1. The Morgan fingerprint density at radius 2 is 1.62 bits per heavy atom. The molecule has 1 N–H and O–H groups in total. The number of ether oxygens (including phenoxy) is 2. The van der Waals surface area contributed by atoms with E-state index in [2.05, 4.69) is 35.8 Å². The third-order valence-electron chi connectivity index (χ3n) is 1.44. The molecule has 0 aliphatic rings. The summed E-state index contributed by atoms with van der Waals surface area (Å²) in [4.78, 5) is 29.9. The predicted octanol–water partition coefficient (Wildman–Crippen LogP) is 3.72. The number of carboxylic acid groups (broad SMARTS) is 1. The minimum atomic E-state index is -0.981. The molecule has 144 valence electrons. The van der Waals surface area contributed by atoms with Crippen molar-refractivity contribution in [1.82, 2.24) is 0 Å². The number of aliphatic carboxylic acids is 1. The molecule has 0 atom stereocenters. The van der Waals surface area contributed by atoms with Gasteiger partial charge in [-0.15, -0.1) is 0 Å². The van der Waals surface area contributed by atoms with Crippen molar-refractivity contribution in [2.45, 2.75) is 6.92 Å². The van der Waals surface area contributed by atoms with Gasteiger partial charge in [0.1, 0.15) is 0 Å². The van der Waals surface area contributed by atoms with E-state index >= 15 is 0 Å². The lowest BCUT2D eigenvalue weighted by molar-refractivity contribution is -0.138. The van der Waals surface area contributed by atoms with E-state index in [9.17, 15) is 14.4 Å². The van der Waals surface area contributed by atoms with Gasteiger partial charge in [0, 0.05) is 18.2 Å². The van der Waals surface area contributed by atoms with Gasteiger partial charge in [0.05, 0.1) is 29.9 Å². The molecular formula is C17H21Cl2NO6. The van der Waals surface area contributed by atoms with Crippen molar-refractivity contribution in [3.8, 4) is 6.07 Å². The number of carboxylic acids is 1. The van der Waals surface area contributed by atoms with E-state index in [1.54, 1.807) is 13.0 Å². The zero-order valence-electron chi connectivity index (χ0n) is 14.5. The first-order valence-corrected chi connectivity index (χ1v) is 7.27. The molecule has 0 rings (SSSR count). The number of nitrogens with zero attached hydrogens (tertiary/aromatic N) is 1. The van der Waals surface area contributed by atoms with Gasteiger partial charge in [0.2, 0.25) is 0 Å². The van der Waals surface area contributed by atoms with E-state index in [0.29, 0.717) is 6.61 Å². The Morgan fingerprint density at radius 3 is 1.81 bits per heavy atom. The zero-order chi connectivity index (χ0) is 21.5. The SMILES string of the molecule is C=C(C=CC#N)C(=O)OCC.C=C(Cl)Cl.C=CC(=O)O.C=CC(=O)OC. The summed E-state index contributed by atoms with van der Waals surface area (Å²) in [6.45, 7) is 14.6. The van der Waals surface area contributed by atoms with Gasteiger partial charge >= 0.3 is 17.9 Å². The number of nitriles is 1. The molecule has 0 fully saturated rings. The normalized spacial score (nSPS) is 7.65. The van der Waals surface area contributed by atoms with E-state index in [1.165, 1.54) is 19.3 Å². The van der Waals surface area contributed by atoms with Crippen LogP contribution < -0.4 is 0 Å². The molecule has 0 saturated heterocycles. The summed E-state index contributed by atoms with van der Waals surface area (Å²) in [5.41, 5.74) is 0.188. The van der Waals surface area contributed by atoms with Gasteiger partial charge in [-0.05, 0) is 13.0 Å². The summed E-state index contributed by atoms with van der Waals surface area (Å²) in [6.07, 6.45) is 4.44. The fraction of sp³-hybridized carbons (Fsp3) is 0.176. The van der Waals surface area contributed by atoms with Gasteiger partial charge in [-0.1, -0.05) is 49.5 Å². The van der Waals surface area contributed by atoms with Crippen LogP contribution in [0.25, 0.3) is 0 Å². The fourth-order valence-corrected chi connectivity index (χ4v) is 0.513. The summed E-state index contributed by atoms with van der Waals surface area (Å²) in [6, 6.07) is 1.75.